The zero-order valence-corrected chi connectivity index (χ0v) is 15.8. The Balaban J connectivity index is 1.40. The van der Waals surface area contributed by atoms with Gasteiger partial charge in [-0.3, -0.25) is 0 Å². The number of rotatable bonds is 4. The predicted molar refractivity (Wildman–Crippen MR) is 102 cm³/mol. The minimum absolute atomic E-state index is 0.0295. The Morgan fingerprint density at radius 1 is 1.26 bits per heavy atom. The van der Waals surface area contributed by atoms with Crippen molar-refractivity contribution in [3.63, 3.8) is 0 Å². The van der Waals surface area contributed by atoms with Crippen LogP contribution in [-0.4, -0.2) is 35.3 Å². The lowest BCUT2D eigenvalue weighted by Gasteiger charge is -2.34. The first-order valence-corrected chi connectivity index (χ1v) is 9.40. The van der Waals surface area contributed by atoms with Crippen molar-refractivity contribution in [2.24, 2.45) is 0 Å². The summed E-state index contributed by atoms with van der Waals surface area (Å²) >= 11 is 6.04. The van der Waals surface area contributed by atoms with Gasteiger partial charge in [0, 0.05) is 25.9 Å². The first kappa shape index (κ1) is 18.1. The number of aryl methyl sites for hydroxylation is 1. The first-order chi connectivity index (χ1) is 13.0. The molecule has 0 radical (unpaired) electrons. The van der Waals surface area contributed by atoms with E-state index in [9.17, 15) is 4.79 Å². The van der Waals surface area contributed by atoms with Crippen LogP contribution in [0.4, 0.5) is 5.82 Å². The molecule has 2 aliphatic rings. The molecule has 6 nitrogen and oxygen atoms in total. The maximum atomic E-state index is 11.2. The Bertz CT molecular complexity index is 879. The zero-order valence-electron chi connectivity index (χ0n) is 15.1. The molecule has 0 bridgehead atoms. The lowest BCUT2D eigenvalue weighted by atomic mass is 10.1. The molecule has 2 aromatic rings. The molecule has 1 N–H and O–H groups in total. The number of aromatic carboxylic acids is 1. The molecule has 0 saturated carbocycles. The van der Waals surface area contributed by atoms with Crippen LogP contribution >= 0.6 is 11.6 Å². The van der Waals surface area contributed by atoms with Crippen LogP contribution in [0.2, 0.25) is 5.15 Å². The van der Waals surface area contributed by atoms with Crippen molar-refractivity contribution >= 4 is 23.4 Å². The summed E-state index contributed by atoms with van der Waals surface area (Å²) in [4.78, 5) is 17.7. The van der Waals surface area contributed by atoms with E-state index in [0.717, 1.165) is 43.1 Å². The third-order valence-electron chi connectivity index (χ3n) is 5.11. The highest BCUT2D eigenvalue weighted by molar-refractivity contribution is 6.32. The molecule has 1 aromatic heterocycles. The van der Waals surface area contributed by atoms with Gasteiger partial charge in [-0.1, -0.05) is 17.7 Å². The number of aromatic nitrogens is 1. The topological polar surface area (TPSA) is 71.9 Å². The van der Waals surface area contributed by atoms with Crippen LogP contribution in [0.1, 0.15) is 39.9 Å². The molecule has 3 heterocycles. The number of ether oxygens (including phenoxy) is 2. The van der Waals surface area contributed by atoms with Gasteiger partial charge in [0.1, 0.15) is 22.8 Å². The molecule has 2 aliphatic heterocycles. The van der Waals surface area contributed by atoms with Crippen molar-refractivity contribution in [2.75, 3.05) is 18.0 Å². The Kier molecular flexibility index (Phi) is 4.93. The highest BCUT2D eigenvalue weighted by Crippen LogP contribution is 2.29. The van der Waals surface area contributed by atoms with Crippen molar-refractivity contribution < 1.29 is 19.4 Å². The Morgan fingerprint density at radius 2 is 2.00 bits per heavy atom. The van der Waals surface area contributed by atoms with Gasteiger partial charge in [-0.15, -0.1) is 0 Å². The van der Waals surface area contributed by atoms with E-state index in [1.807, 2.05) is 13.0 Å². The second kappa shape index (κ2) is 7.37. The Hall–Kier alpha value is -2.31. The third kappa shape index (κ3) is 3.73. The highest BCUT2D eigenvalue weighted by Gasteiger charge is 2.24. The van der Waals surface area contributed by atoms with Gasteiger partial charge in [0.2, 0.25) is 0 Å². The van der Waals surface area contributed by atoms with Crippen molar-refractivity contribution in [3.8, 4) is 5.75 Å². The maximum absolute atomic E-state index is 11.2. The van der Waals surface area contributed by atoms with Crippen molar-refractivity contribution in [1.29, 1.82) is 0 Å². The lowest BCUT2D eigenvalue weighted by Crippen LogP contribution is -2.39. The average molecular weight is 389 g/mol. The van der Waals surface area contributed by atoms with E-state index < -0.39 is 5.97 Å². The number of hydrogen-bond donors (Lipinski definition) is 1. The first-order valence-electron chi connectivity index (χ1n) is 9.03. The second-order valence-electron chi connectivity index (χ2n) is 7.00. The summed E-state index contributed by atoms with van der Waals surface area (Å²) in [5, 5.41) is 9.19. The average Bonchev–Trinajstić information content (AvgIpc) is 3.11. The molecule has 4 rings (SSSR count). The number of halogens is 1. The van der Waals surface area contributed by atoms with E-state index in [0.29, 0.717) is 13.2 Å². The standard InChI is InChI=1S/C20H21ClN2O4/c1-12-8-17(20(24)25)18(21)22-19(12)23-6-4-15(5-7-23)27-16-3-2-13-10-26-11-14(13)9-16/h2-3,8-9,15H,4-7,10-11H2,1H3,(H,24,25). The SMILES string of the molecule is Cc1cc(C(=O)O)c(Cl)nc1N1CCC(Oc2ccc3c(c2)COC3)CC1. The predicted octanol–water partition coefficient (Wildman–Crippen LogP) is 3.82. The second-order valence-corrected chi connectivity index (χ2v) is 7.36. The molecule has 7 heteroatoms. The lowest BCUT2D eigenvalue weighted by molar-refractivity contribution is 0.0696. The van der Waals surface area contributed by atoms with Gasteiger partial charge >= 0.3 is 5.97 Å². The van der Waals surface area contributed by atoms with Crippen LogP contribution in [0.5, 0.6) is 5.75 Å². The third-order valence-corrected chi connectivity index (χ3v) is 5.40. The summed E-state index contributed by atoms with van der Waals surface area (Å²) in [6, 6.07) is 7.75. The molecule has 1 fully saturated rings. The molecule has 1 saturated heterocycles. The summed E-state index contributed by atoms with van der Waals surface area (Å²) < 4.78 is 11.6. The van der Waals surface area contributed by atoms with Crippen LogP contribution in [0, 0.1) is 6.92 Å². The molecule has 0 aliphatic carbocycles. The normalized spacial score (nSPS) is 17.0. The Labute approximate surface area is 162 Å². The van der Waals surface area contributed by atoms with Gasteiger partial charge in [-0.05, 0) is 41.8 Å². The molecular weight excluding hydrogens is 368 g/mol. The van der Waals surface area contributed by atoms with Crippen molar-refractivity contribution in [1.82, 2.24) is 4.98 Å². The summed E-state index contributed by atoms with van der Waals surface area (Å²) in [6.07, 6.45) is 1.88. The van der Waals surface area contributed by atoms with E-state index in [4.69, 9.17) is 26.2 Å². The molecule has 27 heavy (non-hydrogen) atoms. The largest absolute Gasteiger partial charge is 0.490 e. The van der Waals surface area contributed by atoms with Crippen LogP contribution < -0.4 is 9.64 Å². The van der Waals surface area contributed by atoms with E-state index >= 15 is 0 Å². The Morgan fingerprint density at radius 3 is 2.74 bits per heavy atom. The quantitative estimate of drug-likeness (QED) is 0.803. The number of piperidine rings is 1. The molecule has 0 atom stereocenters. The van der Waals surface area contributed by atoms with Gasteiger partial charge < -0.3 is 19.5 Å². The summed E-state index contributed by atoms with van der Waals surface area (Å²) in [6.45, 7) is 4.78. The molecule has 0 amide bonds. The van der Waals surface area contributed by atoms with Gasteiger partial charge in [-0.25, -0.2) is 9.78 Å². The number of anilines is 1. The number of hydrogen-bond acceptors (Lipinski definition) is 5. The molecule has 0 unspecified atom stereocenters. The van der Waals surface area contributed by atoms with Crippen LogP contribution in [0.15, 0.2) is 24.3 Å². The zero-order chi connectivity index (χ0) is 19.0. The van der Waals surface area contributed by atoms with Gasteiger partial charge in [0.05, 0.1) is 18.8 Å². The van der Waals surface area contributed by atoms with Crippen LogP contribution in [0.25, 0.3) is 0 Å². The molecular formula is C20H21ClN2O4. The smallest absolute Gasteiger partial charge is 0.338 e. The van der Waals surface area contributed by atoms with Crippen LogP contribution in [0.3, 0.4) is 0 Å². The fourth-order valence-electron chi connectivity index (χ4n) is 3.65. The number of pyridine rings is 1. The molecule has 0 spiro atoms. The number of nitrogens with zero attached hydrogens (tertiary/aromatic N) is 2. The van der Waals surface area contributed by atoms with Crippen molar-refractivity contribution in [3.05, 3.63) is 51.7 Å². The summed E-state index contributed by atoms with van der Waals surface area (Å²) in [7, 11) is 0. The van der Waals surface area contributed by atoms with E-state index in [2.05, 4.69) is 22.0 Å². The van der Waals surface area contributed by atoms with E-state index in [-0.39, 0.29) is 16.8 Å². The molecule has 1 aromatic carbocycles. The van der Waals surface area contributed by atoms with Gasteiger partial charge in [0.15, 0.2) is 0 Å². The van der Waals surface area contributed by atoms with E-state index in [1.54, 1.807) is 6.07 Å². The van der Waals surface area contributed by atoms with Gasteiger partial charge in [-0.2, -0.15) is 0 Å². The number of benzene rings is 1. The number of carbonyl (C=O) groups is 1. The van der Waals surface area contributed by atoms with E-state index in [1.165, 1.54) is 11.1 Å². The number of carboxylic acid groups (broad SMARTS) is 1. The summed E-state index contributed by atoms with van der Waals surface area (Å²) in [5.41, 5.74) is 3.30. The fourth-order valence-corrected chi connectivity index (χ4v) is 3.87. The minimum atomic E-state index is -1.06. The number of fused-ring (bicyclic) bond motifs is 1. The van der Waals surface area contributed by atoms with Crippen molar-refractivity contribution in [2.45, 2.75) is 39.1 Å². The monoisotopic (exact) mass is 388 g/mol. The number of carboxylic acids is 1. The molecule has 142 valence electrons. The summed E-state index contributed by atoms with van der Waals surface area (Å²) in [5.74, 6) is 0.577. The van der Waals surface area contributed by atoms with Crippen LogP contribution in [-0.2, 0) is 18.0 Å². The van der Waals surface area contributed by atoms with Gasteiger partial charge in [0.25, 0.3) is 0 Å². The maximum Gasteiger partial charge on any atom is 0.338 e. The minimum Gasteiger partial charge on any atom is -0.490 e. The highest BCUT2D eigenvalue weighted by atomic mass is 35.5. The fraction of sp³-hybridized carbons (Fsp3) is 0.400.